The third-order valence-corrected chi connectivity index (χ3v) is 5.09. The van der Waals surface area contributed by atoms with Crippen LogP contribution < -0.4 is 5.32 Å². The van der Waals surface area contributed by atoms with Gasteiger partial charge in [0, 0.05) is 24.1 Å². The molecule has 0 bridgehead atoms. The molecule has 1 aliphatic heterocycles. The maximum Gasteiger partial charge on any atom is 0.272 e. The molecule has 6 heteroatoms. The number of carbonyl (C=O) groups excluding carboxylic acids is 1. The Morgan fingerprint density at radius 2 is 2.24 bits per heavy atom. The van der Waals surface area contributed by atoms with E-state index in [4.69, 9.17) is 4.74 Å². The molecule has 2 aliphatic carbocycles. The van der Waals surface area contributed by atoms with Crippen molar-refractivity contribution in [3.05, 3.63) is 17.5 Å². The second kappa shape index (κ2) is 4.81. The first-order chi connectivity index (χ1) is 10.1. The second-order valence-electron chi connectivity index (χ2n) is 6.72. The lowest BCUT2D eigenvalue weighted by Crippen LogP contribution is -2.69. The molecule has 4 rings (SSSR count). The molecule has 2 heterocycles. The van der Waals surface area contributed by atoms with Crippen molar-refractivity contribution < 1.29 is 9.53 Å². The SMILES string of the molecule is CN(C)[C@@H]1[C@@H](NC(=O)c2cc(C3CC3)[nH]n2)[C@H]2CCO[C@H]21. The summed E-state index contributed by atoms with van der Waals surface area (Å²) in [5.74, 6) is 0.966. The third kappa shape index (κ3) is 2.17. The number of nitrogens with zero attached hydrogens (tertiary/aromatic N) is 2. The summed E-state index contributed by atoms with van der Waals surface area (Å²) in [7, 11) is 4.09. The van der Waals surface area contributed by atoms with Gasteiger partial charge in [0.1, 0.15) is 5.69 Å². The maximum absolute atomic E-state index is 12.4. The molecule has 2 saturated carbocycles. The zero-order chi connectivity index (χ0) is 14.6. The molecule has 4 atom stereocenters. The van der Waals surface area contributed by atoms with Crippen molar-refractivity contribution in [2.24, 2.45) is 5.92 Å². The van der Waals surface area contributed by atoms with E-state index in [9.17, 15) is 4.79 Å². The van der Waals surface area contributed by atoms with Crippen molar-refractivity contribution >= 4 is 5.91 Å². The van der Waals surface area contributed by atoms with Gasteiger partial charge >= 0.3 is 0 Å². The van der Waals surface area contributed by atoms with Crippen molar-refractivity contribution in [2.45, 2.75) is 43.4 Å². The Bertz CT molecular complexity index is 552. The van der Waals surface area contributed by atoms with Crippen LogP contribution in [0, 0.1) is 5.92 Å². The number of aromatic amines is 1. The van der Waals surface area contributed by atoms with E-state index in [0.717, 1.165) is 18.7 Å². The summed E-state index contributed by atoms with van der Waals surface area (Å²) in [4.78, 5) is 14.6. The van der Waals surface area contributed by atoms with Gasteiger partial charge in [0.05, 0.1) is 18.2 Å². The Kier molecular flexibility index (Phi) is 3.04. The Hall–Kier alpha value is -1.40. The van der Waals surface area contributed by atoms with Gasteiger partial charge in [0.25, 0.3) is 5.91 Å². The minimum Gasteiger partial charge on any atom is -0.376 e. The number of carbonyl (C=O) groups is 1. The molecule has 2 N–H and O–H groups in total. The largest absolute Gasteiger partial charge is 0.376 e. The zero-order valence-corrected chi connectivity index (χ0v) is 12.5. The van der Waals surface area contributed by atoms with Crippen LogP contribution in [0.15, 0.2) is 6.07 Å². The van der Waals surface area contributed by atoms with E-state index < -0.39 is 0 Å². The number of fused-ring (bicyclic) bond motifs is 1. The van der Waals surface area contributed by atoms with E-state index >= 15 is 0 Å². The third-order valence-electron chi connectivity index (χ3n) is 5.09. The minimum atomic E-state index is -0.0691. The molecular weight excluding hydrogens is 268 g/mol. The van der Waals surface area contributed by atoms with Gasteiger partial charge in [-0.25, -0.2) is 0 Å². The lowest BCUT2D eigenvalue weighted by atomic mass is 9.71. The van der Waals surface area contributed by atoms with Gasteiger partial charge < -0.3 is 15.0 Å². The van der Waals surface area contributed by atoms with Gasteiger partial charge in [0.15, 0.2) is 0 Å². The number of ether oxygens (including phenoxy) is 1. The van der Waals surface area contributed by atoms with E-state index in [-0.39, 0.29) is 24.1 Å². The van der Waals surface area contributed by atoms with Gasteiger partial charge in [-0.05, 0) is 39.4 Å². The number of likely N-dealkylation sites (N-methyl/N-ethyl adjacent to an activating group) is 1. The minimum absolute atomic E-state index is 0.0691. The van der Waals surface area contributed by atoms with Gasteiger partial charge in [-0.15, -0.1) is 0 Å². The Morgan fingerprint density at radius 3 is 2.95 bits per heavy atom. The summed E-state index contributed by atoms with van der Waals surface area (Å²) >= 11 is 0. The van der Waals surface area contributed by atoms with E-state index in [0.29, 0.717) is 17.5 Å². The van der Waals surface area contributed by atoms with Crippen LogP contribution in [-0.2, 0) is 4.74 Å². The summed E-state index contributed by atoms with van der Waals surface area (Å²) in [5.41, 5.74) is 1.61. The summed E-state index contributed by atoms with van der Waals surface area (Å²) in [5, 5.41) is 10.3. The molecular formula is C15H22N4O2. The van der Waals surface area contributed by atoms with Gasteiger partial charge in [0.2, 0.25) is 0 Å². The molecule has 114 valence electrons. The molecule has 0 aromatic carbocycles. The first-order valence-electron chi connectivity index (χ1n) is 7.79. The topological polar surface area (TPSA) is 70.2 Å². The molecule has 0 unspecified atom stereocenters. The van der Waals surface area contributed by atoms with Crippen LogP contribution in [0.4, 0.5) is 0 Å². The highest BCUT2D eigenvalue weighted by Crippen LogP contribution is 2.41. The summed E-state index contributed by atoms with van der Waals surface area (Å²) in [6.07, 6.45) is 3.71. The van der Waals surface area contributed by atoms with Crippen LogP contribution in [-0.4, -0.2) is 59.9 Å². The molecule has 3 fully saturated rings. The fraction of sp³-hybridized carbons (Fsp3) is 0.733. The molecule has 3 aliphatic rings. The van der Waals surface area contributed by atoms with Gasteiger partial charge in [-0.3, -0.25) is 9.89 Å². The van der Waals surface area contributed by atoms with E-state index in [1.807, 2.05) is 20.2 Å². The van der Waals surface area contributed by atoms with Crippen molar-refractivity contribution in [2.75, 3.05) is 20.7 Å². The fourth-order valence-electron chi connectivity index (χ4n) is 3.77. The van der Waals surface area contributed by atoms with Crippen molar-refractivity contribution in [1.82, 2.24) is 20.4 Å². The highest BCUT2D eigenvalue weighted by atomic mass is 16.5. The smallest absolute Gasteiger partial charge is 0.272 e. The maximum atomic E-state index is 12.4. The summed E-state index contributed by atoms with van der Waals surface area (Å²) in [6, 6.07) is 2.34. The fourth-order valence-corrected chi connectivity index (χ4v) is 3.77. The van der Waals surface area contributed by atoms with Crippen molar-refractivity contribution in [3.8, 4) is 0 Å². The van der Waals surface area contributed by atoms with E-state index in [1.54, 1.807) is 0 Å². The molecule has 6 nitrogen and oxygen atoms in total. The first-order valence-corrected chi connectivity index (χ1v) is 7.79. The highest BCUT2D eigenvalue weighted by molar-refractivity contribution is 5.92. The van der Waals surface area contributed by atoms with E-state index in [2.05, 4.69) is 20.4 Å². The number of hydrogen-bond acceptors (Lipinski definition) is 4. The molecule has 1 aromatic rings. The standard InChI is InChI=1S/C15H22N4O2/c1-19(2)13-12(9-5-6-21-14(9)13)16-15(20)11-7-10(17-18-11)8-3-4-8/h7-9,12-14H,3-6H2,1-2H3,(H,16,20)(H,17,18)/t9-,12+,13-,14-/m1/s1. The number of aromatic nitrogens is 2. The molecule has 0 spiro atoms. The molecule has 1 saturated heterocycles. The predicted octanol–water partition coefficient (Wildman–Crippen LogP) is 0.734. The lowest BCUT2D eigenvalue weighted by Gasteiger charge is -2.50. The molecule has 0 radical (unpaired) electrons. The molecule has 1 aromatic heterocycles. The van der Waals surface area contributed by atoms with Crippen molar-refractivity contribution in [1.29, 1.82) is 0 Å². The predicted molar refractivity (Wildman–Crippen MR) is 77.1 cm³/mol. The van der Waals surface area contributed by atoms with Gasteiger partial charge in [-0.2, -0.15) is 5.10 Å². The second-order valence-corrected chi connectivity index (χ2v) is 6.72. The van der Waals surface area contributed by atoms with Crippen molar-refractivity contribution in [3.63, 3.8) is 0 Å². The highest BCUT2D eigenvalue weighted by Gasteiger charge is 2.55. The van der Waals surface area contributed by atoms with Gasteiger partial charge in [-0.1, -0.05) is 0 Å². The van der Waals surface area contributed by atoms with Crippen LogP contribution in [0.25, 0.3) is 0 Å². The number of amides is 1. The first kappa shape index (κ1) is 13.3. The molecule has 1 amide bonds. The monoisotopic (exact) mass is 290 g/mol. The number of nitrogens with one attached hydrogen (secondary N) is 2. The Balaban J connectivity index is 1.45. The average molecular weight is 290 g/mol. The summed E-state index contributed by atoms with van der Waals surface area (Å²) in [6.45, 7) is 0.806. The Labute approximate surface area is 124 Å². The zero-order valence-electron chi connectivity index (χ0n) is 12.5. The average Bonchev–Trinajstić information content (AvgIpc) is 3.02. The summed E-state index contributed by atoms with van der Waals surface area (Å²) < 4.78 is 5.77. The van der Waals surface area contributed by atoms with E-state index in [1.165, 1.54) is 12.8 Å². The quantitative estimate of drug-likeness (QED) is 0.858. The van der Waals surface area contributed by atoms with Crippen LogP contribution in [0.3, 0.4) is 0 Å². The normalized spacial score (nSPS) is 34.6. The van der Waals surface area contributed by atoms with Crippen LogP contribution in [0.1, 0.15) is 41.4 Å². The lowest BCUT2D eigenvalue weighted by molar-refractivity contribution is -0.0664. The van der Waals surface area contributed by atoms with Crippen LogP contribution in [0.5, 0.6) is 0 Å². The molecule has 21 heavy (non-hydrogen) atoms. The number of rotatable bonds is 4. The van der Waals surface area contributed by atoms with Crippen LogP contribution >= 0.6 is 0 Å². The Morgan fingerprint density at radius 1 is 1.43 bits per heavy atom. The number of H-pyrrole nitrogens is 1. The number of hydrogen-bond donors (Lipinski definition) is 2. The van der Waals surface area contributed by atoms with Crippen LogP contribution in [0.2, 0.25) is 0 Å².